The lowest BCUT2D eigenvalue weighted by Crippen LogP contribution is -2.69. The summed E-state index contributed by atoms with van der Waals surface area (Å²) in [5.74, 6) is -1.24. The molecule has 5 rings (SSSR count). The van der Waals surface area contributed by atoms with Crippen molar-refractivity contribution in [3.8, 4) is 0 Å². The summed E-state index contributed by atoms with van der Waals surface area (Å²) in [6, 6.07) is -2.56. The summed E-state index contributed by atoms with van der Waals surface area (Å²) in [6.07, 6.45) is -38.6. The molecule has 61 heavy (non-hydrogen) atoms. The lowest BCUT2D eigenvalue weighted by molar-refractivity contribution is -0.387. The Balaban J connectivity index is 1.27. The molecule has 0 aliphatic carbocycles. The molecular formula is C34H58N2O25. The van der Waals surface area contributed by atoms with Gasteiger partial charge in [-0.25, -0.2) is 0 Å². The van der Waals surface area contributed by atoms with Gasteiger partial charge in [0, 0.05) is 13.8 Å². The predicted molar refractivity (Wildman–Crippen MR) is 189 cm³/mol. The number of hydrogen-bond donors (Lipinski definition) is 16. The zero-order valence-corrected chi connectivity index (χ0v) is 32.9. The van der Waals surface area contributed by atoms with Crippen molar-refractivity contribution in [1.82, 2.24) is 10.6 Å². The maximum absolute atomic E-state index is 12.3. The average molecular weight is 895 g/mol. The normalized spacial score (nSPS) is 48.3. The van der Waals surface area contributed by atoms with Gasteiger partial charge in [0.25, 0.3) is 0 Å². The molecule has 27 nitrogen and oxygen atoms in total. The van der Waals surface area contributed by atoms with Crippen LogP contribution in [-0.4, -0.2) is 270 Å². The number of nitrogens with one attached hydrogen (secondary N) is 2. The van der Waals surface area contributed by atoms with E-state index in [-0.39, 0.29) is 6.61 Å². The van der Waals surface area contributed by atoms with Gasteiger partial charge in [-0.2, -0.15) is 0 Å². The maximum atomic E-state index is 12.3. The Kier molecular flexibility index (Phi) is 17.9. The molecule has 0 saturated carbocycles. The molecule has 24 atom stereocenters. The van der Waals surface area contributed by atoms with Crippen LogP contribution in [0.4, 0.5) is 0 Å². The zero-order valence-electron chi connectivity index (χ0n) is 32.9. The predicted octanol–water partition coefficient (Wildman–Crippen LogP) is -11.0. The lowest BCUT2D eigenvalue weighted by atomic mass is 9.94. The van der Waals surface area contributed by atoms with Gasteiger partial charge in [-0.3, -0.25) is 9.59 Å². The number of carbonyl (C=O) groups is 2. The van der Waals surface area contributed by atoms with Crippen LogP contribution in [-0.2, 0) is 52.2 Å². The monoisotopic (exact) mass is 894 g/mol. The smallest absolute Gasteiger partial charge is 0.217 e. The van der Waals surface area contributed by atoms with Crippen LogP contribution in [0, 0.1) is 0 Å². The first-order valence-corrected chi connectivity index (χ1v) is 19.5. The van der Waals surface area contributed by atoms with Crippen LogP contribution in [0.5, 0.6) is 0 Å². The van der Waals surface area contributed by atoms with E-state index < -0.39 is 192 Å². The third kappa shape index (κ3) is 10.9. The quantitative estimate of drug-likeness (QED) is 0.0726. The summed E-state index contributed by atoms with van der Waals surface area (Å²) >= 11 is 0. The second kappa shape index (κ2) is 21.8. The van der Waals surface area contributed by atoms with Crippen LogP contribution in [0.3, 0.4) is 0 Å². The third-order valence-electron chi connectivity index (χ3n) is 11.1. The van der Waals surface area contributed by atoms with Crippen LogP contribution in [0.25, 0.3) is 0 Å². The van der Waals surface area contributed by atoms with E-state index in [0.717, 1.165) is 6.92 Å². The summed E-state index contributed by atoms with van der Waals surface area (Å²) in [5, 5.41) is 153. The second-order valence-electron chi connectivity index (χ2n) is 15.3. The van der Waals surface area contributed by atoms with E-state index in [2.05, 4.69) is 10.6 Å². The zero-order chi connectivity index (χ0) is 45.0. The van der Waals surface area contributed by atoms with E-state index in [1.54, 1.807) is 0 Å². The molecule has 5 aliphatic rings. The fourth-order valence-corrected chi connectivity index (χ4v) is 7.79. The first kappa shape index (κ1) is 50.0. The first-order valence-electron chi connectivity index (χ1n) is 19.5. The first-order chi connectivity index (χ1) is 28.9. The van der Waals surface area contributed by atoms with Gasteiger partial charge < -0.3 is 125 Å². The molecule has 5 saturated heterocycles. The summed E-state index contributed by atoms with van der Waals surface area (Å²) in [7, 11) is 0. The van der Waals surface area contributed by atoms with Crippen LogP contribution < -0.4 is 10.6 Å². The van der Waals surface area contributed by atoms with Crippen molar-refractivity contribution in [2.45, 2.75) is 161 Å². The number of rotatable bonds is 15. The van der Waals surface area contributed by atoms with Crippen molar-refractivity contribution in [2.24, 2.45) is 0 Å². The van der Waals surface area contributed by atoms with Crippen LogP contribution in [0.2, 0.25) is 0 Å². The second-order valence-corrected chi connectivity index (χ2v) is 15.3. The van der Waals surface area contributed by atoms with Gasteiger partial charge in [-0.15, -0.1) is 0 Å². The third-order valence-corrected chi connectivity index (χ3v) is 11.1. The number of carbonyl (C=O) groups excluding carboxylic acids is 2. The van der Waals surface area contributed by atoms with Gasteiger partial charge in [0.05, 0.1) is 45.7 Å². The van der Waals surface area contributed by atoms with Gasteiger partial charge in [-0.05, 0) is 0 Å². The van der Waals surface area contributed by atoms with Gasteiger partial charge >= 0.3 is 0 Å². The van der Waals surface area contributed by atoms with E-state index in [4.69, 9.17) is 42.6 Å². The summed E-state index contributed by atoms with van der Waals surface area (Å²) in [6.45, 7) is -2.23. The largest absolute Gasteiger partial charge is 0.394 e. The Morgan fingerprint density at radius 2 is 0.803 bits per heavy atom. The molecule has 5 heterocycles. The molecule has 0 radical (unpaired) electrons. The SMILES string of the molecule is CC(=O)N[C@H]1[C@H](O[C@H]2[C@H](O)[C@@H](NC(C)=O)CO[C@@H]2CO)O[C@H](CO)[C@@H](O[C@H]2O[C@H](CO)[C@@H](O[C@@H]3O[C@H](CO)[C@@H](O[C@@H]4O[C@H](CO)[C@@H](O)[C@H](O)[C@@H]4O)[C@H](O)[C@@H]3O)[C@H](O)[C@@H]2O)[C@@H]1O. The van der Waals surface area contributed by atoms with Crippen molar-refractivity contribution in [1.29, 1.82) is 0 Å². The minimum Gasteiger partial charge on any atom is -0.394 e. The molecule has 16 N–H and O–H groups in total. The van der Waals surface area contributed by atoms with Crippen molar-refractivity contribution in [3.63, 3.8) is 0 Å². The van der Waals surface area contributed by atoms with Crippen molar-refractivity contribution < 1.29 is 124 Å². The Labute approximate surface area is 346 Å². The fraction of sp³-hybridized carbons (Fsp3) is 0.941. The Morgan fingerprint density at radius 3 is 1.23 bits per heavy atom. The van der Waals surface area contributed by atoms with Crippen LogP contribution in [0.1, 0.15) is 13.8 Å². The molecule has 0 spiro atoms. The van der Waals surface area contributed by atoms with Crippen molar-refractivity contribution >= 4 is 11.8 Å². The molecule has 27 heteroatoms. The van der Waals surface area contributed by atoms with Gasteiger partial charge in [0.15, 0.2) is 25.2 Å². The highest BCUT2D eigenvalue weighted by molar-refractivity contribution is 5.73. The van der Waals surface area contributed by atoms with Crippen molar-refractivity contribution in [3.05, 3.63) is 0 Å². The molecule has 0 unspecified atom stereocenters. The van der Waals surface area contributed by atoms with Crippen LogP contribution in [0.15, 0.2) is 0 Å². The van der Waals surface area contributed by atoms with Crippen LogP contribution >= 0.6 is 0 Å². The molecule has 0 aromatic carbocycles. The molecule has 0 bridgehead atoms. The van der Waals surface area contributed by atoms with E-state index in [1.165, 1.54) is 6.92 Å². The lowest BCUT2D eigenvalue weighted by Gasteiger charge is -2.50. The summed E-state index contributed by atoms with van der Waals surface area (Å²) < 4.78 is 50.9. The molecule has 2 amide bonds. The van der Waals surface area contributed by atoms with Crippen molar-refractivity contribution in [2.75, 3.05) is 39.6 Å². The van der Waals surface area contributed by atoms with E-state index >= 15 is 0 Å². The van der Waals surface area contributed by atoms with E-state index in [1.807, 2.05) is 0 Å². The summed E-state index contributed by atoms with van der Waals surface area (Å²) in [5.41, 5.74) is 0. The molecule has 354 valence electrons. The minimum absolute atomic E-state index is 0.204. The number of ether oxygens (including phenoxy) is 9. The Morgan fingerprint density at radius 1 is 0.443 bits per heavy atom. The van der Waals surface area contributed by atoms with E-state index in [9.17, 15) is 81.1 Å². The van der Waals surface area contributed by atoms with E-state index in [0.29, 0.717) is 0 Å². The molecule has 5 aliphatic heterocycles. The highest BCUT2D eigenvalue weighted by atomic mass is 16.8. The Bertz CT molecular complexity index is 1400. The number of aliphatic hydroxyl groups is 14. The highest BCUT2D eigenvalue weighted by Gasteiger charge is 2.56. The molecule has 0 aromatic rings. The average Bonchev–Trinajstić information content (AvgIpc) is 3.23. The fourth-order valence-electron chi connectivity index (χ4n) is 7.79. The van der Waals surface area contributed by atoms with Gasteiger partial charge in [-0.1, -0.05) is 0 Å². The number of aliphatic hydroxyl groups excluding tert-OH is 14. The standard InChI is InChI=1S/C34H58N2O25/c1-9(42)35-11-8-53-13(4-38)27(18(11)44)58-31-17(36-10(2)43)20(46)28(14(5-39)55-31)59-33-25(51)22(48)30(16(7-41)56-33)61-34-26(52)23(49)29(15(6-40)57-34)60-32-24(50)21(47)19(45)12(3-37)54-32/h11-34,37-41,44-52H,3-8H2,1-2H3,(H,35,42)(H,36,43)/t11-,12+,13+,14+,15+,16+,17+,18+,19+,20+,21-,22+,23+,24-,25-,26-,27+,28+,29+,30+,31-,32-,33+,34-/m0/s1. The molecule has 0 aromatic heterocycles. The summed E-state index contributed by atoms with van der Waals surface area (Å²) in [4.78, 5) is 24.0. The molecule has 5 fully saturated rings. The Hall–Kier alpha value is -1.98. The topological polar surface area (TPSA) is 424 Å². The molecular weight excluding hydrogens is 836 g/mol. The number of hydrogen-bond acceptors (Lipinski definition) is 25. The minimum atomic E-state index is -2.11. The highest BCUT2D eigenvalue weighted by Crippen LogP contribution is 2.35. The number of amides is 2. The van der Waals surface area contributed by atoms with Gasteiger partial charge in [0.2, 0.25) is 11.8 Å². The maximum Gasteiger partial charge on any atom is 0.217 e. The van der Waals surface area contributed by atoms with Gasteiger partial charge in [0.1, 0.15) is 116 Å².